The Hall–Kier alpha value is -3.12. The van der Waals surface area contributed by atoms with Crippen molar-refractivity contribution in [3.05, 3.63) is 84.7 Å². The highest BCUT2D eigenvalue weighted by Gasteiger charge is 2.22. The van der Waals surface area contributed by atoms with Crippen LogP contribution in [0, 0.1) is 0 Å². The molecule has 1 aromatic heterocycles. The zero-order valence-electron chi connectivity index (χ0n) is 16.9. The summed E-state index contributed by atoms with van der Waals surface area (Å²) in [6.07, 6.45) is 5.64. The summed E-state index contributed by atoms with van der Waals surface area (Å²) in [5.41, 5.74) is 2.35. The van der Waals surface area contributed by atoms with Crippen LogP contribution in [-0.2, 0) is 9.59 Å². The molecule has 0 bridgehead atoms. The van der Waals surface area contributed by atoms with Gasteiger partial charge in [-0.25, -0.2) is 0 Å². The number of hydrogen-bond acceptors (Lipinski definition) is 4. The van der Waals surface area contributed by atoms with Crippen LogP contribution in [-0.4, -0.2) is 16.8 Å². The summed E-state index contributed by atoms with van der Waals surface area (Å²) in [6, 6.07) is 20.8. The summed E-state index contributed by atoms with van der Waals surface area (Å²) >= 11 is 1.45. The summed E-state index contributed by atoms with van der Waals surface area (Å²) in [6.45, 7) is 2.06. The molecule has 3 rings (SSSR count). The average Bonchev–Trinajstić information content (AvgIpc) is 2.77. The van der Waals surface area contributed by atoms with Crippen molar-refractivity contribution in [2.75, 3.05) is 10.6 Å². The highest BCUT2D eigenvalue weighted by Crippen LogP contribution is 2.37. The number of hydrogen-bond donors (Lipinski definition) is 2. The van der Waals surface area contributed by atoms with Crippen molar-refractivity contribution in [2.24, 2.45) is 0 Å². The van der Waals surface area contributed by atoms with E-state index in [1.165, 1.54) is 11.8 Å². The second-order valence-corrected chi connectivity index (χ2v) is 7.99. The molecule has 154 valence electrons. The molecule has 30 heavy (non-hydrogen) atoms. The highest BCUT2D eigenvalue weighted by molar-refractivity contribution is 8.00. The number of unbranched alkanes of at least 4 members (excludes halogenated alkanes) is 1. The second kappa shape index (κ2) is 11.2. The van der Waals surface area contributed by atoms with Crippen molar-refractivity contribution in [3.8, 4) is 0 Å². The Bertz CT molecular complexity index is 964. The predicted molar refractivity (Wildman–Crippen MR) is 123 cm³/mol. The molecule has 0 aliphatic carbocycles. The van der Waals surface area contributed by atoms with Crippen LogP contribution in [0.15, 0.2) is 84.0 Å². The van der Waals surface area contributed by atoms with Crippen LogP contribution >= 0.6 is 11.8 Å². The Balaban J connectivity index is 1.77. The minimum Gasteiger partial charge on any atom is -0.326 e. The van der Waals surface area contributed by atoms with E-state index < -0.39 is 5.25 Å². The molecule has 5 nitrogen and oxygen atoms in total. The number of benzene rings is 2. The number of anilines is 2. The van der Waals surface area contributed by atoms with Crippen molar-refractivity contribution in [3.63, 3.8) is 0 Å². The molecule has 3 aromatic rings. The third-order valence-corrected chi connectivity index (χ3v) is 5.67. The third kappa shape index (κ3) is 6.46. The molecular formula is C24H25N3O2S. The molecule has 0 fully saturated rings. The summed E-state index contributed by atoms with van der Waals surface area (Å²) in [4.78, 5) is 30.0. The van der Waals surface area contributed by atoms with Gasteiger partial charge in [0.05, 0.1) is 0 Å². The summed E-state index contributed by atoms with van der Waals surface area (Å²) in [5, 5.41) is 5.46. The lowest BCUT2D eigenvalue weighted by Gasteiger charge is -2.17. The zero-order valence-corrected chi connectivity index (χ0v) is 17.7. The normalized spacial score (nSPS) is 11.5. The van der Waals surface area contributed by atoms with Gasteiger partial charge in [0.1, 0.15) is 5.25 Å². The maximum Gasteiger partial charge on any atom is 0.242 e. The minimum absolute atomic E-state index is 0.00837. The number of thioether (sulfide) groups is 1. The molecule has 0 aliphatic rings. The molecule has 1 heterocycles. The first-order valence-electron chi connectivity index (χ1n) is 9.98. The molecule has 2 N–H and O–H groups in total. The van der Waals surface area contributed by atoms with Gasteiger partial charge in [0.15, 0.2) is 0 Å². The molecule has 1 unspecified atom stereocenters. The standard InChI is InChI=1S/C24H25N3O2S/c1-2-3-12-22(28)26-20-10-7-11-21(17-20)30-23(18-8-5-4-6-9-18)24(29)27-19-13-15-25-16-14-19/h4-11,13-17,23H,2-3,12H2,1H3,(H,26,28)(H,25,27,29). The summed E-state index contributed by atoms with van der Waals surface area (Å²) < 4.78 is 0. The minimum atomic E-state index is -0.439. The van der Waals surface area contributed by atoms with E-state index in [0.29, 0.717) is 12.1 Å². The first kappa shape index (κ1) is 21.6. The van der Waals surface area contributed by atoms with E-state index in [-0.39, 0.29) is 11.8 Å². The van der Waals surface area contributed by atoms with Crippen molar-refractivity contribution < 1.29 is 9.59 Å². The lowest BCUT2D eigenvalue weighted by Crippen LogP contribution is -2.19. The molecule has 0 spiro atoms. The molecule has 0 saturated carbocycles. The molecule has 0 aliphatic heterocycles. The van der Waals surface area contributed by atoms with Gasteiger partial charge < -0.3 is 10.6 Å². The number of carbonyl (C=O) groups is 2. The van der Waals surface area contributed by atoms with Crippen molar-refractivity contribution in [2.45, 2.75) is 36.3 Å². The van der Waals surface area contributed by atoms with Gasteiger partial charge in [0, 0.05) is 35.1 Å². The monoisotopic (exact) mass is 419 g/mol. The summed E-state index contributed by atoms with van der Waals surface area (Å²) in [5.74, 6) is -0.108. The van der Waals surface area contributed by atoms with Crippen LogP contribution in [0.4, 0.5) is 11.4 Å². The van der Waals surface area contributed by atoms with Crippen LogP contribution in [0.1, 0.15) is 37.0 Å². The van der Waals surface area contributed by atoms with Gasteiger partial charge in [0.25, 0.3) is 0 Å². The number of carbonyl (C=O) groups excluding carboxylic acids is 2. The van der Waals surface area contributed by atoms with Gasteiger partial charge in [-0.2, -0.15) is 0 Å². The number of nitrogens with one attached hydrogen (secondary N) is 2. The van der Waals surface area contributed by atoms with Gasteiger partial charge in [-0.15, -0.1) is 11.8 Å². The Labute approximate surface area is 181 Å². The fraction of sp³-hybridized carbons (Fsp3) is 0.208. The van der Waals surface area contributed by atoms with Gasteiger partial charge in [-0.1, -0.05) is 49.7 Å². The van der Waals surface area contributed by atoms with Crippen LogP contribution in [0.3, 0.4) is 0 Å². The Kier molecular flexibility index (Phi) is 8.03. The number of amides is 2. The highest BCUT2D eigenvalue weighted by atomic mass is 32.2. The third-order valence-electron chi connectivity index (χ3n) is 4.42. The van der Waals surface area contributed by atoms with E-state index in [2.05, 4.69) is 22.5 Å². The van der Waals surface area contributed by atoms with Crippen LogP contribution in [0.2, 0.25) is 0 Å². The Morgan fingerprint density at radius 3 is 2.43 bits per heavy atom. The molecule has 2 amide bonds. The van der Waals surface area contributed by atoms with E-state index in [9.17, 15) is 9.59 Å². The van der Waals surface area contributed by atoms with Crippen molar-refractivity contribution in [1.82, 2.24) is 4.98 Å². The van der Waals surface area contributed by atoms with Gasteiger partial charge in [-0.3, -0.25) is 14.6 Å². The SMILES string of the molecule is CCCCC(=O)Nc1cccc(SC(C(=O)Nc2ccncc2)c2ccccc2)c1. The molecule has 0 radical (unpaired) electrons. The fourth-order valence-corrected chi connectivity index (χ4v) is 3.97. The maximum absolute atomic E-state index is 13.1. The zero-order chi connectivity index (χ0) is 21.2. The largest absolute Gasteiger partial charge is 0.326 e. The maximum atomic E-state index is 13.1. The molecule has 0 saturated heterocycles. The van der Waals surface area contributed by atoms with Crippen LogP contribution in [0.5, 0.6) is 0 Å². The topological polar surface area (TPSA) is 71.1 Å². The first-order valence-corrected chi connectivity index (χ1v) is 10.9. The number of aromatic nitrogens is 1. The quantitative estimate of drug-likeness (QED) is 0.438. The predicted octanol–water partition coefficient (Wildman–Crippen LogP) is 5.68. The van der Waals surface area contributed by atoms with E-state index in [4.69, 9.17) is 0 Å². The Morgan fingerprint density at radius 1 is 0.933 bits per heavy atom. The summed E-state index contributed by atoms with van der Waals surface area (Å²) in [7, 11) is 0. The van der Waals surface area contributed by atoms with Gasteiger partial charge >= 0.3 is 0 Å². The number of rotatable bonds is 9. The Morgan fingerprint density at radius 2 is 1.70 bits per heavy atom. The van der Waals surface area contributed by atoms with Crippen molar-refractivity contribution in [1.29, 1.82) is 0 Å². The van der Waals surface area contributed by atoms with E-state index >= 15 is 0 Å². The molecule has 6 heteroatoms. The lowest BCUT2D eigenvalue weighted by atomic mass is 10.1. The van der Waals surface area contributed by atoms with Crippen LogP contribution < -0.4 is 10.6 Å². The van der Waals surface area contributed by atoms with Gasteiger partial charge in [0.2, 0.25) is 11.8 Å². The van der Waals surface area contributed by atoms with E-state index in [1.54, 1.807) is 24.5 Å². The average molecular weight is 420 g/mol. The van der Waals surface area contributed by atoms with Crippen molar-refractivity contribution >= 4 is 35.0 Å². The molecular weight excluding hydrogens is 394 g/mol. The van der Waals surface area contributed by atoms with E-state index in [0.717, 1.165) is 29.0 Å². The van der Waals surface area contributed by atoms with E-state index in [1.807, 2.05) is 54.6 Å². The number of pyridine rings is 1. The smallest absolute Gasteiger partial charge is 0.242 e. The molecule has 1 atom stereocenters. The number of nitrogens with zero attached hydrogens (tertiary/aromatic N) is 1. The lowest BCUT2D eigenvalue weighted by molar-refractivity contribution is -0.116. The van der Waals surface area contributed by atoms with Crippen LogP contribution in [0.25, 0.3) is 0 Å². The second-order valence-electron chi connectivity index (χ2n) is 6.81. The molecule has 2 aromatic carbocycles. The van der Waals surface area contributed by atoms with Gasteiger partial charge in [-0.05, 0) is 42.3 Å². The fourth-order valence-electron chi connectivity index (χ4n) is 2.89. The first-order chi connectivity index (χ1) is 14.7.